The van der Waals surface area contributed by atoms with E-state index in [1.165, 1.54) is 34.4 Å². The second kappa shape index (κ2) is 8.96. The minimum Gasteiger partial charge on any atom is -0.368 e. The molecule has 0 aliphatic carbocycles. The first-order chi connectivity index (χ1) is 16.0. The number of halogens is 2. The molecule has 2 aromatic heterocycles. The maximum atomic E-state index is 13.2. The van der Waals surface area contributed by atoms with E-state index in [1.54, 1.807) is 29.2 Å². The highest BCUT2D eigenvalue weighted by atomic mass is 35.5. The highest BCUT2D eigenvalue weighted by Crippen LogP contribution is 2.31. The van der Waals surface area contributed by atoms with Gasteiger partial charge in [0.05, 0.1) is 11.8 Å². The molecule has 0 bridgehead atoms. The Bertz CT molecular complexity index is 1360. The Hall–Kier alpha value is -3.23. The fourth-order valence-electron chi connectivity index (χ4n) is 4.00. The van der Waals surface area contributed by atoms with Crippen molar-refractivity contribution in [3.8, 4) is 11.1 Å². The average Bonchev–Trinajstić information content (AvgIpc) is 3.27. The van der Waals surface area contributed by atoms with Crippen molar-refractivity contribution in [2.75, 3.05) is 31.1 Å². The Morgan fingerprint density at radius 1 is 1.03 bits per heavy atom. The third-order valence-electron chi connectivity index (χ3n) is 5.83. The van der Waals surface area contributed by atoms with Gasteiger partial charge in [-0.2, -0.15) is 0 Å². The molecular formula is C24H20ClFN4O2S. The Balaban J connectivity index is 1.29. The molecule has 4 aromatic rings. The fraction of sp³-hybridized carbons (Fsp3) is 0.208. The monoisotopic (exact) mass is 482 g/mol. The van der Waals surface area contributed by atoms with E-state index >= 15 is 0 Å². The highest BCUT2D eigenvalue weighted by molar-refractivity contribution is 7.17. The number of carbonyl (C=O) groups is 1. The van der Waals surface area contributed by atoms with Crippen molar-refractivity contribution in [3.05, 3.63) is 81.4 Å². The lowest BCUT2D eigenvalue weighted by Gasteiger charge is -2.36. The van der Waals surface area contributed by atoms with Crippen molar-refractivity contribution < 1.29 is 9.18 Å². The number of fused-ring (bicyclic) bond motifs is 1. The molecule has 6 nitrogen and oxygen atoms in total. The zero-order valence-electron chi connectivity index (χ0n) is 17.6. The summed E-state index contributed by atoms with van der Waals surface area (Å²) in [4.78, 5) is 34.2. The van der Waals surface area contributed by atoms with Gasteiger partial charge in [0.25, 0.3) is 5.56 Å². The summed E-state index contributed by atoms with van der Waals surface area (Å²) in [6.07, 6.45) is 1.45. The Morgan fingerprint density at radius 2 is 1.73 bits per heavy atom. The SMILES string of the molecule is O=C(Cn1cnc2c(-c3ccc(Cl)cc3)csc2c1=O)N1CCN(c2ccc(F)cc2)CC1. The Labute approximate surface area is 198 Å². The summed E-state index contributed by atoms with van der Waals surface area (Å²) in [6.45, 7) is 2.34. The third-order valence-corrected chi connectivity index (χ3v) is 7.04. The lowest BCUT2D eigenvalue weighted by molar-refractivity contribution is -0.132. The van der Waals surface area contributed by atoms with Crippen LogP contribution >= 0.6 is 22.9 Å². The molecule has 9 heteroatoms. The molecule has 0 N–H and O–H groups in total. The van der Waals surface area contributed by atoms with Gasteiger partial charge in [-0.15, -0.1) is 11.3 Å². The largest absolute Gasteiger partial charge is 0.368 e. The number of amides is 1. The molecule has 0 spiro atoms. The molecule has 0 radical (unpaired) electrons. The molecule has 3 heterocycles. The average molecular weight is 483 g/mol. The van der Waals surface area contributed by atoms with E-state index in [-0.39, 0.29) is 23.8 Å². The zero-order chi connectivity index (χ0) is 22.9. The smallest absolute Gasteiger partial charge is 0.271 e. The molecule has 2 aromatic carbocycles. The summed E-state index contributed by atoms with van der Waals surface area (Å²) in [6, 6.07) is 13.8. The number of nitrogens with zero attached hydrogens (tertiary/aromatic N) is 4. The maximum Gasteiger partial charge on any atom is 0.271 e. The van der Waals surface area contributed by atoms with E-state index in [4.69, 9.17) is 11.6 Å². The van der Waals surface area contributed by atoms with Crippen molar-refractivity contribution in [1.29, 1.82) is 0 Å². The van der Waals surface area contributed by atoms with E-state index in [9.17, 15) is 14.0 Å². The number of hydrogen-bond donors (Lipinski definition) is 0. The molecule has 1 saturated heterocycles. The van der Waals surface area contributed by atoms with Crippen LogP contribution in [-0.2, 0) is 11.3 Å². The quantitative estimate of drug-likeness (QED) is 0.436. The van der Waals surface area contributed by atoms with Crippen LogP contribution in [0, 0.1) is 5.82 Å². The summed E-state index contributed by atoms with van der Waals surface area (Å²) in [5.41, 5.74) is 3.15. The number of rotatable bonds is 4. The summed E-state index contributed by atoms with van der Waals surface area (Å²) < 4.78 is 15.1. The molecule has 0 saturated carbocycles. The molecule has 168 valence electrons. The standard InChI is InChI=1S/C24H20ClFN4O2S/c25-17-3-1-16(2-4-17)20-14-33-23-22(20)27-15-30(24(23)32)13-21(31)29-11-9-28(10-12-29)19-7-5-18(26)6-8-19/h1-8,14-15H,9-13H2. The molecule has 0 unspecified atom stereocenters. The summed E-state index contributed by atoms with van der Waals surface area (Å²) in [5.74, 6) is -0.388. The number of anilines is 1. The number of carbonyl (C=O) groups excluding carboxylic acids is 1. The van der Waals surface area contributed by atoms with Crippen molar-refractivity contribution in [1.82, 2.24) is 14.5 Å². The molecule has 0 atom stereocenters. The third kappa shape index (κ3) is 4.36. The van der Waals surface area contributed by atoms with Gasteiger partial charge < -0.3 is 9.80 Å². The number of piperazine rings is 1. The van der Waals surface area contributed by atoms with Crippen LogP contribution in [0.2, 0.25) is 5.02 Å². The van der Waals surface area contributed by atoms with Crippen LogP contribution < -0.4 is 10.5 Å². The van der Waals surface area contributed by atoms with E-state index in [0.717, 1.165) is 16.8 Å². The zero-order valence-corrected chi connectivity index (χ0v) is 19.2. The van der Waals surface area contributed by atoms with Gasteiger partial charge in [-0.05, 0) is 42.0 Å². The van der Waals surface area contributed by atoms with Gasteiger partial charge in [0.2, 0.25) is 5.91 Å². The minimum atomic E-state index is -0.269. The summed E-state index contributed by atoms with van der Waals surface area (Å²) in [7, 11) is 0. The highest BCUT2D eigenvalue weighted by Gasteiger charge is 2.22. The van der Waals surface area contributed by atoms with Gasteiger partial charge >= 0.3 is 0 Å². The molecule has 1 fully saturated rings. The summed E-state index contributed by atoms with van der Waals surface area (Å²) >= 11 is 7.30. The van der Waals surface area contributed by atoms with Crippen molar-refractivity contribution in [2.24, 2.45) is 0 Å². The van der Waals surface area contributed by atoms with E-state index in [1.807, 2.05) is 17.5 Å². The normalized spacial score (nSPS) is 14.1. The van der Waals surface area contributed by atoms with Crippen molar-refractivity contribution >= 4 is 44.7 Å². The molecule has 1 aliphatic heterocycles. The van der Waals surface area contributed by atoms with Crippen molar-refractivity contribution in [2.45, 2.75) is 6.54 Å². The second-order valence-electron chi connectivity index (χ2n) is 7.86. The second-order valence-corrected chi connectivity index (χ2v) is 9.17. The predicted molar refractivity (Wildman–Crippen MR) is 130 cm³/mol. The van der Waals surface area contributed by atoms with Crippen LogP contribution in [0.4, 0.5) is 10.1 Å². The Morgan fingerprint density at radius 3 is 2.42 bits per heavy atom. The van der Waals surface area contributed by atoms with Crippen LogP contribution in [0.3, 0.4) is 0 Å². The molecule has 1 aliphatic rings. The van der Waals surface area contributed by atoms with Crippen LogP contribution in [0.5, 0.6) is 0 Å². The van der Waals surface area contributed by atoms with Gasteiger partial charge in [-0.1, -0.05) is 23.7 Å². The Kier molecular flexibility index (Phi) is 5.86. The van der Waals surface area contributed by atoms with Gasteiger partial charge in [0.15, 0.2) is 0 Å². The van der Waals surface area contributed by atoms with E-state index in [2.05, 4.69) is 9.88 Å². The lowest BCUT2D eigenvalue weighted by atomic mass is 10.1. The molecular weight excluding hydrogens is 463 g/mol. The number of benzene rings is 2. The molecule has 33 heavy (non-hydrogen) atoms. The molecule has 5 rings (SSSR count). The van der Waals surface area contributed by atoms with E-state index in [0.29, 0.717) is 41.4 Å². The van der Waals surface area contributed by atoms with Gasteiger partial charge in [0.1, 0.15) is 17.1 Å². The number of hydrogen-bond acceptors (Lipinski definition) is 5. The molecule has 1 amide bonds. The van der Waals surface area contributed by atoms with Crippen molar-refractivity contribution in [3.63, 3.8) is 0 Å². The predicted octanol–water partition coefficient (Wildman–Crippen LogP) is 4.27. The first-order valence-corrected chi connectivity index (χ1v) is 11.8. The number of thiophene rings is 1. The van der Waals surface area contributed by atoms with Gasteiger partial charge in [-0.3, -0.25) is 14.2 Å². The summed E-state index contributed by atoms with van der Waals surface area (Å²) in [5, 5.41) is 2.55. The minimum absolute atomic E-state index is 0.0491. The maximum absolute atomic E-state index is 13.2. The van der Waals surface area contributed by atoms with Gasteiger partial charge in [-0.25, -0.2) is 9.37 Å². The van der Waals surface area contributed by atoms with Gasteiger partial charge in [0, 0.05) is 47.8 Å². The number of aromatic nitrogens is 2. The first kappa shape index (κ1) is 21.6. The lowest BCUT2D eigenvalue weighted by Crippen LogP contribution is -2.50. The first-order valence-electron chi connectivity index (χ1n) is 10.5. The van der Waals surface area contributed by atoms with E-state index < -0.39 is 0 Å². The fourth-order valence-corrected chi connectivity index (χ4v) is 5.10. The van der Waals surface area contributed by atoms with Crippen LogP contribution in [0.25, 0.3) is 21.3 Å². The van der Waals surface area contributed by atoms with Crippen LogP contribution in [0.15, 0.2) is 65.0 Å². The van der Waals surface area contributed by atoms with Crippen LogP contribution in [0.1, 0.15) is 0 Å². The topological polar surface area (TPSA) is 58.4 Å². The van der Waals surface area contributed by atoms with Crippen LogP contribution in [-0.4, -0.2) is 46.5 Å².